The Morgan fingerprint density at radius 2 is 2.00 bits per heavy atom. The molecule has 1 saturated heterocycles. The Hall–Kier alpha value is -1.93. The average molecular weight is 437 g/mol. The molecule has 8 heteroatoms. The Bertz CT molecular complexity index is 994. The third kappa shape index (κ3) is 6.02. The molecular weight excluding hydrogens is 412 g/mol. The van der Waals surface area contributed by atoms with E-state index in [1.54, 1.807) is 0 Å². The lowest BCUT2D eigenvalue weighted by atomic mass is 10.1. The van der Waals surface area contributed by atoms with Crippen molar-refractivity contribution in [3.05, 3.63) is 64.2 Å². The van der Waals surface area contributed by atoms with Gasteiger partial charge in [-0.3, -0.25) is 9.69 Å². The average Bonchev–Trinajstić information content (AvgIpc) is 2.66. The van der Waals surface area contributed by atoms with Crippen molar-refractivity contribution >= 4 is 27.3 Å². The molecule has 0 saturated carbocycles. The van der Waals surface area contributed by atoms with Crippen molar-refractivity contribution in [1.29, 1.82) is 0 Å². The van der Waals surface area contributed by atoms with E-state index in [2.05, 4.69) is 29.3 Å². The van der Waals surface area contributed by atoms with Crippen molar-refractivity contribution in [3.63, 3.8) is 0 Å². The highest BCUT2D eigenvalue weighted by molar-refractivity contribution is 7.90. The molecule has 0 spiro atoms. The van der Waals surface area contributed by atoms with Gasteiger partial charge < -0.3 is 10.1 Å². The molecule has 1 atom stereocenters. The molecule has 1 unspecified atom stereocenters. The molecule has 2 aromatic rings. The van der Waals surface area contributed by atoms with Gasteiger partial charge in [-0.2, -0.15) is 0 Å². The second-order valence-corrected chi connectivity index (χ2v) is 9.73. The maximum absolute atomic E-state index is 12.5. The van der Waals surface area contributed by atoms with Crippen molar-refractivity contribution in [3.8, 4) is 0 Å². The van der Waals surface area contributed by atoms with Crippen LogP contribution in [-0.2, 0) is 27.7 Å². The zero-order chi connectivity index (χ0) is 21.0. The van der Waals surface area contributed by atoms with Crippen LogP contribution in [0.4, 0.5) is 0 Å². The Labute approximate surface area is 176 Å². The normalized spacial score (nSPS) is 17.8. The minimum atomic E-state index is -3.51. The summed E-state index contributed by atoms with van der Waals surface area (Å²) in [5.41, 5.74) is 2.42. The van der Waals surface area contributed by atoms with Crippen LogP contribution in [0.5, 0.6) is 0 Å². The van der Waals surface area contributed by atoms with Crippen LogP contribution in [0.15, 0.2) is 47.4 Å². The number of sulfone groups is 1. The van der Waals surface area contributed by atoms with Crippen molar-refractivity contribution < 1.29 is 17.9 Å². The second-order valence-electron chi connectivity index (χ2n) is 7.34. The van der Waals surface area contributed by atoms with Gasteiger partial charge >= 0.3 is 0 Å². The Morgan fingerprint density at radius 1 is 1.24 bits per heavy atom. The topological polar surface area (TPSA) is 75.7 Å². The first-order valence-corrected chi connectivity index (χ1v) is 11.7. The molecule has 3 rings (SSSR count). The number of morpholine rings is 1. The predicted molar refractivity (Wildman–Crippen MR) is 113 cm³/mol. The lowest BCUT2D eigenvalue weighted by Gasteiger charge is -2.31. The number of hydrogen-bond acceptors (Lipinski definition) is 5. The summed E-state index contributed by atoms with van der Waals surface area (Å²) in [6.07, 6.45) is 1.30. The van der Waals surface area contributed by atoms with Crippen LogP contribution in [0.25, 0.3) is 0 Å². The van der Waals surface area contributed by atoms with Gasteiger partial charge in [0.15, 0.2) is 9.84 Å². The first-order valence-electron chi connectivity index (χ1n) is 9.42. The standard InChI is InChI=1S/C21H25ClN2O4S/c1-15-13-24(8-9-28-15)14-17-5-3-4-16(10-17)12-23-21(25)18-6-7-19(22)20(11-18)29(2,26)27/h3-7,10-11,15H,8-9,12-14H2,1-2H3,(H,23,25). The lowest BCUT2D eigenvalue weighted by molar-refractivity contribution is -0.0212. The van der Waals surface area contributed by atoms with Crippen molar-refractivity contribution in [1.82, 2.24) is 10.2 Å². The van der Waals surface area contributed by atoms with Gasteiger partial charge in [-0.25, -0.2) is 8.42 Å². The summed E-state index contributed by atoms with van der Waals surface area (Å²) in [4.78, 5) is 14.8. The number of halogens is 1. The number of nitrogens with zero attached hydrogens (tertiary/aromatic N) is 1. The molecule has 1 aliphatic rings. The van der Waals surface area contributed by atoms with Gasteiger partial charge in [-0.15, -0.1) is 0 Å². The highest BCUT2D eigenvalue weighted by atomic mass is 35.5. The van der Waals surface area contributed by atoms with E-state index in [-0.39, 0.29) is 27.5 Å². The van der Waals surface area contributed by atoms with Crippen LogP contribution < -0.4 is 5.32 Å². The number of amides is 1. The molecule has 29 heavy (non-hydrogen) atoms. The summed E-state index contributed by atoms with van der Waals surface area (Å²) in [5, 5.41) is 2.95. The second kappa shape index (κ2) is 9.26. The van der Waals surface area contributed by atoms with E-state index in [0.717, 1.165) is 38.1 Å². The minimum absolute atomic E-state index is 0.0476. The molecule has 1 aliphatic heterocycles. The predicted octanol–water partition coefficient (Wildman–Crippen LogP) is 2.89. The largest absolute Gasteiger partial charge is 0.376 e. The van der Waals surface area contributed by atoms with E-state index in [1.807, 2.05) is 12.1 Å². The van der Waals surface area contributed by atoms with Gasteiger partial charge in [0.2, 0.25) is 0 Å². The first kappa shape index (κ1) is 21.8. The zero-order valence-corrected chi connectivity index (χ0v) is 18.1. The smallest absolute Gasteiger partial charge is 0.251 e. The summed E-state index contributed by atoms with van der Waals surface area (Å²) in [6, 6.07) is 12.3. The molecule has 1 heterocycles. The van der Waals surface area contributed by atoms with E-state index in [0.29, 0.717) is 6.54 Å². The third-order valence-corrected chi connectivity index (χ3v) is 6.35. The van der Waals surface area contributed by atoms with Gasteiger partial charge in [0.05, 0.1) is 22.6 Å². The van der Waals surface area contributed by atoms with Crippen molar-refractivity contribution in [2.45, 2.75) is 31.0 Å². The van der Waals surface area contributed by atoms with Crippen LogP contribution in [0.1, 0.15) is 28.4 Å². The maximum Gasteiger partial charge on any atom is 0.251 e. The van der Waals surface area contributed by atoms with Gasteiger partial charge in [0.25, 0.3) is 5.91 Å². The van der Waals surface area contributed by atoms with Crippen LogP contribution in [0.3, 0.4) is 0 Å². The fourth-order valence-corrected chi connectivity index (χ4v) is 4.64. The number of carbonyl (C=O) groups is 1. The van der Waals surface area contributed by atoms with E-state index in [1.165, 1.54) is 23.8 Å². The number of benzene rings is 2. The van der Waals surface area contributed by atoms with E-state index in [4.69, 9.17) is 16.3 Å². The van der Waals surface area contributed by atoms with Crippen LogP contribution in [-0.4, -0.2) is 51.3 Å². The van der Waals surface area contributed by atoms with Gasteiger partial charge in [-0.05, 0) is 36.2 Å². The molecule has 0 aromatic heterocycles. The molecule has 0 bridgehead atoms. The van der Waals surface area contributed by atoms with Crippen LogP contribution in [0.2, 0.25) is 5.02 Å². The Kier molecular flexibility index (Phi) is 6.95. The van der Waals surface area contributed by atoms with Gasteiger partial charge in [0.1, 0.15) is 0 Å². The van der Waals surface area contributed by atoms with E-state index < -0.39 is 9.84 Å². The molecule has 0 aliphatic carbocycles. The fourth-order valence-electron chi connectivity index (χ4n) is 3.34. The monoisotopic (exact) mass is 436 g/mol. The number of hydrogen-bond donors (Lipinski definition) is 1. The Morgan fingerprint density at radius 3 is 2.72 bits per heavy atom. The molecule has 0 radical (unpaired) electrons. The van der Waals surface area contributed by atoms with E-state index >= 15 is 0 Å². The third-order valence-electron chi connectivity index (χ3n) is 4.77. The maximum atomic E-state index is 12.5. The SMILES string of the molecule is CC1CN(Cc2cccc(CNC(=O)c3ccc(Cl)c(S(C)(=O)=O)c3)c2)CCO1. The molecule has 1 amide bonds. The van der Waals surface area contributed by atoms with Crippen LogP contribution in [0, 0.1) is 0 Å². The molecule has 156 valence electrons. The summed E-state index contributed by atoms with van der Waals surface area (Å²) >= 11 is 5.94. The Balaban J connectivity index is 1.63. The van der Waals surface area contributed by atoms with Crippen LogP contribution >= 0.6 is 11.6 Å². The van der Waals surface area contributed by atoms with Crippen molar-refractivity contribution in [2.24, 2.45) is 0 Å². The van der Waals surface area contributed by atoms with E-state index in [9.17, 15) is 13.2 Å². The zero-order valence-electron chi connectivity index (χ0n) is 16.5. The number of carbonyl (C=O) groups excluding carboxylic acids is 1. The summed E-state index contributed by atoms with van der Waals surface area (Å²) in [6.45, 7) is 5.82. The highest BCUT2D eigenvalue weighted by Crippen LogP contribution is 2.22. The fraction of sp³-hybridized carbons (Fsp3) is 0.381. The molecule has 1 N–H and O–H groups in total. The number of rotatable bonds is 6. The minimum Gasteiger partial charge on any atom is -0.376 e. The number of nitrogens with one attached hydrogen (secondary N) is 1. The summed E-state index contributed by atoms with van der Waals surface area (Å²) in [7, 11) is -3.51. The number of ether oxygens (including phenoxy) is 1. The molecular formula is C21H25ClN2O4S. The quantitative estimate of drug-likeness (QED) is 0.753. The molecule has 2 aromatic carbocycles. The van der Waals surface area contributed by atoms with Gasteiger partial charge in [0, 0.05) is 38.0 Å². The summed E-state index contributed by atoms with van der Waals surface area (Å²) < 4.78 is 29.2. The van der Waals surface area contributed by atoms with Gasteiger partial charge in [-0.1, -0.05) is 35.9 Å². The molecule has 1 fully saturated rings. The van der Waals surface area contributed by atoms with Crippen molar-refractivity contribution in [2.75, 3.05) is 26.0 Å². The molecule has 6 nitrogen and oxygen atoms in total. The summed E-state index contributed by atoms with van der Waals surface area (Å²) in [5.74, 6) is -0.348. The lowest BCUT2D eigenvalue weighted by Crippen LogP contribution is -2.40. The highest BCUT2D eigenvalue weighted by Gasteiger charge is 2.17. The first-order chi connectivity index (χ1) is 13.7.